The minimum absolute atomic E-state index is 0.218. The second kappa shape index (κ2) is 7.53. The number of nitrogens with one attached hydrogen (secondary N) is 1. The molecule has 1 aliphatic rings. The van der Waals surface area contributed by atoms with Crippen molar-refractivity contribution in [2.24, 2.45) is 0 Å². The molecule has 22 heavy (non-hydrogen) atoms. The standard InChI is InChI=1S/C14H19F2N3O2S/c1-22(21)9-4-17-14(20)19-7-5-18(6-8-19)13-10-11(15)2-3-12(13)16/h2-3,10H,4-9H2,1H3,(H,17,20)/t22-/m1/s1. The van der Waals surface area contributed by atoms with E-state index in [-0.39, 0.29) is 11.7 Å². The zero-order valence-electron chi connectivity index (χ0n) is 12.3. The van der Waals surface area contributed by atoms with Crippen LogP contribution in [0.25, 0.3) is 0 Å². The lowest BCUT2D eigenvalue weighted by molar-refractivity contribution is 0.195. The first-order valence-electron chi connectivity index (χ1n) is 7.00. The first kappa shape index (κ1) is 16.7. The molecule has 1 aromatic carbocycles. The lowest BCUT2D eigenvalue weighted by atomic mass is 10.2. The number of nitrogens with zero attached hydrogens (tertiary/aromatic N) is 2. The minimum atomic E-state index is -0.941. The summed E-state index contributed by atoms with van der Waals surface area (Å²) in [4.78, 5) is 15.2. The number of urea groups is 1. The van der Waals surface area contributed by atoms with Crippen molar-refractivity contribution < 1.29 is 17.8 Å². The van der Waals surface area contributed by atoms with Crippen LogP contribution in [-0.2, 0) is 10.8 Å². The van der Waals surface area contributed by atoms with E-state index in [1.54, 1.807) is 16.1 Å². The third-order valence-electron chi connectivity index (χ3n) is 3.48. The van der Waals surface area contributed by atoms with Crippen LogP contribution in [0.3, 0.4) is 0 Å². The number of carbonyl (C=O) groups excluding carboxylic acids is 1. The van der Waals surface area contributed by atoms with Crippen LogP contribution in [0.1, 0.15) is 0 Å². The molecule has 0 spiro atoms. The quantitative estimate of drug-likeness (QED) is 0.901. The minimum Gasteiger partial charge on any atom is -0.366 e. The molecule has 1 aromatic rings. The maximum absolute atomic E-state index is 13.7. The highest BCUT2D eigenvalue weighted by molar-refractivity contribution is 7.84. The molecule has 1 fully saturated rings. The maximum Gasteiger partial charge on any atom is 0.317 e. The van der Waals surface area contributed by atoms with E-state index in [4.69, 9.17) is 0 Å². The number of amides is 2. The van der Waals surface area contributed by atoms with E-state index in [0.29, 0.717) is 38.5 Å². The molecule has 5 nitrogen and oxygen atoms in total. The third-order valence-corrected chi connectivity index (χ3v) is 4.26. The van der Waals surface area contributed by atoms with Crippen LogP contribution >= 0.6 is 0 Å². The Bertz CT molecular complexity index is 563. The largest absolute Gasteiger partial charge is 0.366 e. The van der Waals surface area contributed by atoms with Crippen LogP contribution in [0.2, 0.25) is 0 Å². The Balaban J connectivity index is 1.86. The van der Waals surface area contributed by atoms with Crippen molar-refractivity contribution in [3.05, 3.63) is 29.8 Å². The second-order valence-electron chi connectivity index (χ2n) is 5.08. The number of halogens is 2. The van der Waals surface area contributed by atoms with Gasteiger partial charge in [-0.1, -0.05) is 0 Å². The zero-order valence-corrected chi connectivity index (χ0v) is 13.2. The van der Waals surface area contributed by atoms with E-state index in [9.17, 15) is 17.8 Å². The number of hydrogen-bond donors (Lipinski definition) is 1. The lowest BCUT2D eigenvalue weighted by Crippen LogP contribution is -2.52. The summed E-state index contributed by atoms with van der Waals surface area (Å²) in [5.41, 5.74) is 0.224. The molecule has 2 rings (SSSR count). The molecule has 1 atom stereocenters. The molecular weight excluding hydrogens is 312 g/mol. The van der Waals surface area contributed by atoms with Crippen LogP contribution in [-0.4, -0.2) is 59.9 Å². The molecule has 1 heterocycles. The fourth-order valence-electron chi connectivity index (χ4n) is 2.29. The van der Waals surface area contributed by atoms with Crippen LogP contribution < -0.4 is 10.2 Å². The Morgan fingerprint density at radius 3 is 2.59 bits per heavy atom. The zero-order chi connectivity index (χ0) is 16.1. The Labute approximate surface area is 130 Å². The molecular formula is C14H19F2N3O2S. The molecule has 0 aliphatic carbocycles. The van der Waals surface area contributed by atoms with Crippen molar-refractivity contribution in [3.63, 3.8) is 0 Å². The molecule has 8 heteroatoms. The van der Waals surface area contributed by atoms with Gasteiger partial charge in [0, 0.05) is 61.6 Å². The molecule has 1 N–H and O–H groups in total. The number of hydrogen-bond acceptors (Lipinski definition) is 3. The highest BCUT2D eigenvalue weighted by Crippen LogP contribution is 2.21. The SMILES string of the molecule is C[S@@](=O)CCNC(=O)N1CCN(c2cc(F)ccc2F)CC1. The molecule has 0 unspecified atom stereocenters. The summed E-state index contributed by atoms with van der Waals surface area (Å²) in [7, 11) is -0.941. The van der Waals surface area contributed by atoms with Gasteiger partial charge in [-0.3, -0.25) is 4.21 Å². The van der Waals surface area contributed by atoms with Crippen molar-refractivity contribution >= 4 is 22.5 Å². The number of carbonyl (C=O) groups is 1. The summed E-state index contributed by atoms with van der Waals surface area (Å²) >= 11 is 0. The molecule has 1 saturated heterocycles. The summed E-state index contributed by atoms with van der Waals surface area (Å²) in [6.45, 7) is 2.09. The van der Waals surface area contributed by atoms with Gasteiger partial charge >= 0.3 is 6.03 Å². The Hall–Kier alpha value is -1.70. The van der Waals surface area contributed by atoms with Gasteiger partial charge in [0.25, 0.3) is 0 Å². The summed E-state index contributed by atoms with van der Waals surface area (Å²) < 4.78 is 37.9. The Kier molecular flexibility index (Phi) is 5.70. The van der Waals surface area contributed by atoms with Crippen LogP contribution in [0, 0.1) is 11.6 Å². The molecule has 122 valence electrons. The fourth-order valence-corrected chi connectivity index (χ4v) is 2.68. The third kappa shape index (κ3) is 4.40. The second-order valence-corrected chi connectivity index (χ2v) is 6.63. The van der Waals surface area contributed by atoms with E-state index in [0.717, 1.165) is 12.1 Å². The number of anilines is 1. The van der Waals surface area contributed by atoms with Crippen molar-refractivity contribution in [2.45, 2.75) is 0 Å². The number of benzene rings is 1. The van der Waals surface area contributed by atoms with Crippen molar-refractivity contribution in [1.29, 1.82) is 0 Å². The number of piperazine rings is 1. The van der Waals surface area contributed by atoms with Crippen LogP contribution in [0.5, 0.6) is 0 Å². The van der Waals surface area contributed by atoms with Gasteiger partial charge in [-0.25, -0.2) is 13.6 Å². The van der Waals surface area contributed by atoms with Crippen molar-refractivity contribution in [3.8, 4) is 0 Å². The van der Waals surface area contributed by atoms with Gasteiger partial charge in [-0.05, 0) is 12.1 Å². The monoisotopic (exact) mass is 331 g/mol. The Morgan fingerprint density at radius 1 is 1.27 bits per heavy atom. The van der Waals surface area contributed by atoms with Gasteiger partial charge in [0.05, 0.1) is 5.69 Å². The van der Waals surface area contributed by atoms with E-state index in [1.165, 1.54) is 6.07 Å². The van der Waals surface area contributed by atoms with E-state index < -0.39 is 22.4 Å². The summed E-state index contributed by atoms with van der Waals surface area (Å²) in [6, 6.07) is 3.14. The normalized spacial score (nSPS) is 16.5. The van der Waals surface area contributed by atoms with E-state index in [1.807, 2.05) is 0 Å². The average molecular weight is 331 g/mol. The molecule has 2 amide bonds. The fraction of sp³-hybridized carbons (Fsp3) is 0.500. The van der Waals surface area contributed by atoms with Gasteiger partial charge in [0.2, 0.25) is 0 Å². The van der Waals surface area contributed by atoms with Gasteiger partial charge in [0.1, 0.15) is 11.6 Å². The smallest absolute Gasteiger partial charge is 0.317 e. The first-order chi connectivity index (χ1) is 10.5. The first-order valence-corrected chi connectivity index (χ1v) is 8.73. The van der Waals surface area contributed by atoms with E-state index in [2.05, 4.69) is 5.32 Å². The summed E-state index contributed by atoms with van der Waals surface area (Å²) in [5.74, 6) is -0.533. The average Bonchev–Trinajstić information content (AvgIpc) is 2.49. The molecule has 0 radical (unpaired) electrons. The van der Waals surface area contributed by atoms with Crippen LogP contribution in [0.15, 0.2) is 18.2 Å². The number of rotatable bonds is 4. The van der Waals surface area contributed by atoms with Crippen molar-refractivity contribution in [1.82, 2.24) is 10.2 Å². The van der Waals surface area contributed by atoms with E-state index >= 15 is 0 Å². The highest BCUT2D eigenvalue weighted by atomic mass is 32.2. The van der Waals surface area contributed by atoms with Crippen molar-refractivity contribution in [2.75, 3.05) is 49.6 Å². The predicted octanol–water partition coefficient (Wildman–Crippen LogP) is 1.17. The predicted molar refractivity (Wildman–Crippen MR) is 82.5 cm³/mol. The van der Waals surface area contributed by atoms with Crippen LogP contribution in [0.4, 0.5) is 19.3 Å². The van der Waals surface area contributed by atoms with Gasteiger partial charge in [-0.15, -0.1) is 0 Å². The maximum atomic E-state index is 13.7. The molecule has 0 aromatic heterocycles. The van der Waals surface area contributed by atoms with Gasteiger partial charge in [0.15, 0.2) is 0 Å². The van der Waals surface area contributed by atoms with Gasteiger partial charge < -0.3 is 15.1 Å². The molecule has 1 aliphatic heterocycles. The summed E-state index contributed by atoms with van der Waals surface area (Å²) in [6.07, 6.45) is 1.58. The van der Waals surface area contributed by atoms with Gasteiger partial charge in [-0.2, -0.15) is 0 Å². The Morgan fingerprint density at radius 2 is 1.95 bits per heavy atom. The summed E-state index contributed by atoms with van der Waals surface area (Å²) in [5, 5.41) is 2.70. The molecule has 0 bridgehead atoms. The molecule has 0 saturated carbocycles. The topological polar surface area (TPSA) is 52.7 Å². The highest BCUT2D eigenvalue weighted by Gasteiger charge is 2.22. The lowest BCUT2D eigenvalue weighted by Gasteiger charge is -2.36.